The molecule has 128 valence electrons. The quantitative estimate of drug-likeness (QED) is 0.464. The third kappa shape index (κ3) is 3.05. The number of aromatic amines is 1. The molecule has 2 aromatic carbocycles. The Hall–Kier alpha value is -2.81. The van der Waals surface area contributed by atoms with Gasteiger partial charge >= 0.3 is 0 Å². The van der Waals surface area contributed by atoms with Crippen molar-refractivity contribution >= 4 is 37.9 Å². The van der Waals surface area contributed by atoms with Gasteiger partial charge in [-0.15, -0.1) is 0 Å². The van der Waals surface area contributed by atoms with E-state index in [9.17, 15) is 0 Å². The number of methoxy groups -OCH3 is 1. The highest BCUT2D eigenvalue weighted by Crippen LogP contribution is 2.33. The molecule has 0 saturated heterocycles. The fourth-order valence-electron chi connectivity index (χ4n) is 3.04. The Bertz CT molecular complexity index is 1140. The molecule has 0 radical (unpaired) electrons. The number of hydrogen-bond acceptors (Lipinski definition) is 3. The molecule has 1 N–H and O–H groups in total. The molecule has 4 aromatic rings. The van der Waals surface area contributed by atoms with E-state index in [1.54, 1.807) is 13.3 Å². The van der Waals surface area contributed by atoms with Crippen LogP contribution >= 0.6 is 15.9 Å². The van der Waals surface area contributed by atoms with Crippen molar-refractivity contribution in [2.24, 2.45) is 0 Å². The SMILES string of the molecule is COCc1c(C#CBr)cnc2[nH]c3ccc(Oc4ccccc4)cc3c12. The molecule has 0 fully saturated rings. The zero-order valence-corrected chi connectivity index (χ0v) is 15.6. The smallest absolute Gasteiger partial charge is 0.138 e. The Balaban J connectivity index is 1.91. The molecule has 2 aromatic heterocycles. The maximum absolute atomic E-state index is 5.98. The molecule has 5 heteroatoms. The van der Waals surface area contributed by atoms with Crippen molar-refractivity contribution in [1.29, 1.82) is 0 Å². The number of H-pyrrole nitrogens is 1. The predicted molar refractivity (Wildman–Crippen MR) is 107 cm³/mol. The zero-order valence-electron chi connectivity index (χ0n) is 14.0. The van der Waals surface area contributed by atoms with Gasteiger partial charge < -0.3 is 14.5 Å². The van der Waals surface area contributed by atoms with E-state index in [-0.39, 0.29) is 0 Å². The summed E-state index contributed by atoms with van der Waals surface area (Å²) in [5.74, 6) is 4.61. The highest BCUT2D eigenvalue weighted by molar-refractivity contribution is 9.12. The summed E-state index contributed by atoms with van der Waals surface area (Å²) in [6, 6.07) is 15.7. The van der Waals surface area contributed by atoms with Crippen molar-refractivity contribution < 1.29 is 9.47 Å². The van der Waals surface area contributed by atoms with Crippen LogP contribution < -0.4 is 4.74 Å². The van der Waals surface area contributed by atoms with Crippen molar-refractivity contribution in [3.05, 3.63) is 65.9 Å². The lowest BCUT2D eigenvalue weighted by Crippen LogP contribution is -1.95. The summed E-state index contributed by atoms with van der Waals surface area (Å²) in [6.07, 6.45) is 1.77. The average molecular weight is 407 g/mol. The van der Waals surface area contributed by atoms with Crippen LogP contribution in [-0.4, -0.2) is 17.1 Å². The van der Waals surface area contributed by atoms with Gasteiger partial charge in [0.15, 0.2) is 0 Å². The lowest BCUT2D eigenvalue weighted by atomic mass is 10.0. The van der Waals surface area contributed by atoms with E-state index in [2.05, 4.69) is 36.6 Å². The van der Waals surface area contributed by atoms with E-state index in [1.165, 1.54) is 0 Å². The minimum absolute atomic E-state index is 0.451. The number of benzene rings is 2. The molecular formula is C21H15BrN2O2. The van der Waals surface area contributed by atoms with Crippen molar-refractivity contribution in [3.8, 4) is 22.2 Å². The second-order valence-corrected chi connectivity index (χ2v) is 6.17. The third-order valence-corrected chi connectivity index (χ3v) is 4.35. The van der Waals surface area contributed by atoms with Crippen molar-refractivity contribution in [1.82, 2.24) is 9.97 Å². The molecule has 0 bridgehead atoms. The minimum atomic E-state index is 0.451. The van der Waals surface area contributed by atoms with Gasteiger partial charge in [0.1, 0.15) is 17.1 Å². The minimum Gasteiger partial charge on any atom is -0.457 e. The first-order valence-electron chi connectivity index (χ1n) is 8.07. The average Bonchev–Trinajstić information content (AvgIpc) is 3.03. The molecule has 0 aliphatic carbocycles. The number of para-hydroxylation sites is 1. The van der Waals surface area contributed by atoms with E-state index in [0.29, 0.717) is 6.61 Å². The Morgan fingerprint density at radius 2 is 1.96 bits per heavy atom. The second-order valence-electron chi connectivity index (χ2n) is 5.77. The number of fused-ring (bicyclic) bond motifs is 3. The Labute approximate surface area is 159 Å². The number of aromatic nitrogens is 2. The number of pyridine rings is 1. The molecule has 0 amide bonds. The van der Waals surface area contributed by atoms with Crippen LogP contribution in [0.5, 0.6) is 11.5 Å². The van der Waals surface area contributed by atoms with Gasteiger partial charge in [-0.3, -0.25) is 0 Å². The predicted octanol–water partition coefficient (Wildman–Crippen LogP) is 5.36. The summed E-state index contributed by atoms with van der Waals surface area (Å²) in [5, 5.41) is 2.04. The van der Waals surface area contributed by atoms with E-state index >= 15 is 0 Å². The molecule has 0 aliphatic rings. The summed E-state index contributed by atoms with van der Waals surface area (Å²) in [6.45, 7) is 0.451. The first-order chi connectivity index (χ1) is 12.8. The monoisotopic (exact) mass is 406 g/mol. The topological polar surface area (TPSA) is 47.1 Å². The normalized spacial score (nSPS) is 10.7. The van der Waals surface area contributed by atoms with Crippen LogP contribution in [0.3, 0.4) is 0 Å². The summed E-state index contributed by atoms with van der Waals surface area (Å²) in [7, 11) is 1.68. The molecule has 4 nitrogen and oxygen atoms in total. The number of ether oxygens (including phenoxy) is 2. The molecule has 0 unspecified atom stereocenters. The summed E-state index contributed by atoms with van der Waals surface area (Å²) >= 11 is 3.17. The van der Waals surface area contributed by atoms with Gasteiger partial charge in [0.2, 0.25) is 0 Å². The molecule has 0 aliphatic heterocycles. The maximum atomic E-state index is 5.98. The number of rotatable bonds is 4. The van der Waals surface area contributed by atoms with Gasteiger partial charge in [-0.2, -0.15) is 0 Å². The van der Waals surface area contributed by atoms with Crippen LogP contribution in [0.1, 0.15) is 11.1 Å². The van der Waals surface area contributed by atoms with Crippen LogP contribution in [-0.2, 0) is 11.3 Å². The van der Waals surface area contributed by atoms with Gasteiger partial charge in [0.25, 0.3) is 0 Å². The van der Waals surface area contributed by atoms with Crippen LogP contribution in [0, 0.1) is 10.8 Å². The summed E-state index contributed by atoms with van der Waals surface area (Å²) in [5.41, 5.74) is 3.65. The van der Waals surface area contributed by atoms with E-state index < -0.39 is 0 Å². The van der Waals surface area contributed by atoms with Gasteiger partial charge in [-0.05, 0) is 35.2 Å². The largest absolute Gasteiger partial charge is 0.457 e. The van der Waals surface area contributed by atoms with E-state index in [4.69, 9.17) is 9.47 Å². The standard InChI is InChI=1S/C21H15BrN2O2/c1-25-13-18-14(9-10-22)12-23-21-20(18)17-11-16(7-8-19(17)24-21)26-15-5-3-2-4-6-15/h2-8,11-12H,13H2,1H3,(H,23,24). The first kappa shape index (κ1) is 16.6. The zero-order chi connectivity index (χ0) is 17.9. The van der Waals surface area contributed by atoms with Crippen LogP contribution in [0.25, 0.3) is 21.9 Å². The highest BCUT2D eigenvalue weighted by Gasteiger charge is 2.14. The number of nitrogens with zero attached hydrogens (tertiary/aromatic N) is 1. The number of nitrogens with one attached hydrogen (secondary N) is 1. The number of hydrogen-bond donors (Lipinski definition) is 1. The molecule has 0 spiro atoms. The van der Waals surface area contributed by atoms with E-state index in [0.717, 1.165) is 44.6 Å². The first-order valence-corrected chi connectivity index (χ1v) is 8.86. The van der Waals surface area contributed by atoms with Crippen LogP contribution in [0.4, 0.5) is 0 Å². The Kier molecular flexibility index (Phi) is 4.61. The third-order valence-electron chi connectivity index (χ3n) is 4.15. The van der Waals surface area contributed by atoms with Gasteiger partial charge in [0, 0.05) is 51.1 Å². The summed E-state index contributed by atoms with van der Waals surface area (Å²) < 4.78 is 11.4. The van der Waals surface area contributed by atoms with E-state index in [1.807, 2.05) is 48.5 Å². The molecule has 0 atom stereocenters. The summed E-state index contributed by atoms with van der Waals surface area (Å²) in [4.78, 5) is 10.6. The maximum Gasteiger partial charge on any atom is 0.138 e. The lowest BCUT2D eigenvalue weighted by molar-refractivity contribution is 0.186. The second kappa shape index (κ2) is 7.20. The Morgan fingerprint density at radius 1 is 1.12 bits per heavy atom. The molecule has 2 heterocycles. The van der Waals surface area contributed by atoms with Crippen LogP contribution in [0.15, 0.2) is 54.7 Å². The van der Waals surface area contributed by atoms with Crippen LogP contribution in [0.2, 0.25) is 0 Å². The molecule has 4 rings (SSSR count). The molecular weight excluding hydrogens is 392 g/mol. The fourth-order valence-corrected chi connectivity index (χ4v) is 3.26. The highest BCUT2D eigenvalue weighted by atomic mass is 79.9. The molecule has 0 saturated carbocycles. The van der Waals surface area contributed by atoms with Gasteiger partial charge in [-0.1, -0.05) is 24.1 Å². The van der Waals surface area contributed by atoms with Gasteiger partial charge in [-0.25, -0.2) is 4.98 Å². The van der Waals surface area contributed by atoms with Crippen molar-refractivity contribution in [2.75, 3.05) is 7.11 Å². The number of halogens is 1. The molecule has 26 heavy (non-hydrogen) atoms. The van der Waals surface area contributed by atoms with Crippen molar-refractivity contribution in [2.45, 2.75) is 6.61 Å². The Morgan fingerprint density at radius 3 is 2.73 bits per heavy atom. The lowest BCUT2D eigenvalue weighted by Gasteiger charge is -2.07. The van der Waals surface area contributed by atoms with Crippen molar-refractivity contribution in [3.63, 3.8) is 0 Å². The van der Waals surface area contributed by atoms with Gasteiger partial charge in [0.05, 0.1) is 12.2 Å². The fraction of sp³-hybridized carbons (Fsp3) is 0.0952.